The van der Waals surface area contributed by atoms with Crippen LogP contribution in [0.1, 0.15) is 28.1 Å². The van der Waals surface area contributed by atoms with Crippen LogP contribution in [0.5, 0.6) is 11.5 Å². The molecule has 2 N–H and O–H groups in total. The number of hydrogen-bond donors (Lipinski definition) is 2. The van der Waals surface area contributed by atoms with E-state index in [2.05, 4.69) is 33.5 Å². The fourth-order valence-electron chi connectivity index (χ4n) is 2.50. The van der Waals surface area contributed by atoms with Crippen LogP contribution in [0.3, 0.4) is 0 Å². The van der Waals surface area contributed by atoms with E-state index in [9.17, 15) is 0 Å². The van der Waals surface area contributed by atoms with Crippen LogP contribution >= 0.6 is 35.3 Å². The third kappa shape index (κ3) is 8.11. The predicted octanol–water partition coefficient (Wildman–Crippen LogP) is 3.70. The van der Waals surface area contributed by atoms with Crippen LogP contribution in [0.25, 0.3) is 0 Å². The number of nitrogens with one attached hydrogen (secondary N) is 2. The molecule has 1 heterocycles. The highest BCUT2D eigenvalue weighted by molar-refractivity contribution is 14.0. The Balaban J connectivity index is 0.00000420. The Morgan fingerprint density at radius 1 is 1.28 bits per heavy atom. The standard InChI is InChI=1S/C21H28N4O2S.HI/c1-6-12-27-19-13-17(8-9-18(19)26-5)14-24-21(22-7-2)23-11-10-20-25-15(3)16(4)28-20;/h1,8-9,13H,7,10-12,14H2,2-5H3,(H2,22,23,24);1H. The highest BCUT2D eigenvalue weighted by Crippen LogP contribution is 2.28. The van der Waals surface area contributed by atoms with Gasteiger partial charge in [0.15, 0.2) is 17.5 Å². The van der Waals surface area contributed by atoms with Crippen LogP contribution in [-0.2, 0) is 13.0 Å². The molecule has 158 valence electrons. The molecule has 0 radical (unpaired) electrons. The lowest BCUT2D eigenvalue weighted by Gasteiger charge is -2.12. The highest BCUT2D eigenvalue weighted by atomic mass is 127. The summed E-state index contributed by atoms with van der Waals surface area (Å²) in [6, 6.07) is 5.74. The zero-order chi connectivity index (χ0) is 20.4. The molecule has 2 aromatic rings. The first-order valence-electron chi connectivity index (χ1n) is 9.25. The van der Waals surface area contributed by atoms with Gasteiger partial charge in [0.05, 0.1) is 24.4 Å². The minimum atomic E-state index is 0. The van der Waals surface area contributed by atoms with Crippen molar-refractivity contribution in [2.45, 2.75) is 33.7 Å². The first kappa shape index (κ1) is 25.0. The van der Waals surface area contributed by atoms with Crippen molar-refractivity contribution in [2.24, 2.45) is 4.99 Å². The maximum absolute atomic E-state index is 5.55. The minimum Gasteiger partial charge on any atom is -0.493 e. The molecule has 0 bridgehead atoms. The highest BCUT2D eigenvalue weighted by Gasteiger charge is 2.07. The van der Waals surface area contributed by atoms with Gasteiger partial charge in [0, 0.05) is 24.4 Å². The normalized spacial score (nSPS) is 10.7. The van der Waals surface area contributed by atoms with Crippen molar-refractivity contribution < 1.29 is 9.47 Å². The number of ether oxygens (including phenoxy) is 2. The molecule has 0 atom stereocenters. The molecule has 0 fully saturated rings. The molecule has 1 aromatic carbocycles. The molecule has 1 aromatic heterocycles. The summed E-state index contributed by atoms with van der Waals surface area (Å²) < 4.78 is 10.9. The van der Waals surface area contributed by atoms with Crippen molar-refractivity contribution in [3.63, 3.8) is 0 Å². The molecule has 2 rings (SSSR count). The first-order chi connectivity index (χ1) is 13.6. The van der Waals surface area contributed by atoms with Gasteiger partial charge in [-0.05, 0) is 38.5 Å². The molecule has 8 heteroatoms. The van der Waals surface area contributed by atoms with E-state index in [-0.39, 0.29) is 30.6 Å². The van der Waals surface area contributed by atoms with Gasteiger partial charge in [-0.15, -0.1) is 41.7 Å². The maximum atomic E-state index is 5.55. The van der Waals surface area contributed by atoms with Gasteiger partial charge in [-0.25, -0.2) is 9.98 Å². The van der Waals surface area contributed by atoms with Crippen molar-refractivity contribution in [3.05, 3.63) is 39.3 Å². The summed E-state index contributed by atoms with van der Waals surface area (Å²) in [5, 5.41) is 7.77. The van der Waals surface area contributed by atoms with E-state index in [1.165, 1.54) is 4.88 Å². The van der Waals surface area contributed by atoms with Crippen LogP contribution in [-0.4, -0.2) is 37.7 Å². The number of aryl methyl sites for hydroxylation is 2. The van der Waals surface area contributed by atoms with Crippen molar-refractivity contribution >= 4 is 41.3 Å². The monoisotopic (exact) mass is 528 g/mol. The molecule has 0 saturated heterocycles. The van der Waals surface area contributed by atoms with Crippen molar-refractivity contribution in [2.75, 3.05) is 26.8 Å². The second-order valence-corrected chi connectivity index (χ2v) is 7.39. The number of terminal acetylenes is 1. The van der Waals surface area contributed by atoms with Crippen LogP contribution < -0.4 is 20.1 Å². The van der Waals surface area contributed by atoms with Gasteiger partial charge in [0.25, 0.3) is 0 Å². The Hall–Kier alpha value is -1.99. The molecule has 0 spiro atoms. The van der Waals surface area contributed by atoms with Gasteiger partial charge in [0.2, 0.25) is 0 Å². The third-order valence-electron chi connectivity index (χ3n) is 4.01. The number of benzene rings is 1. The second-order valence-electron chi connectivity index (χ2n) is 6.10. The summed E-state index contributed by atoms with van der Waals surface area (Å²) in [4.78, 5) is 10.5. The molecule has 29 heavy (non-hydrogen) atoms. The van der Waals surface area contributed by atoms with E-state index in [4.69, 9.17) is 15.9 Å². The third-order valence-corrected chi connectivity index (χ3v) is 5.14. The predicted molar refractivity (Wildman–Crippen MR) is 131 cm³/mol. The molecular weight excluding hydrogens is 499 g/mol. The number of halogens is 1. The lowest BCUT2D eigenvalue weighted by atomic mass is 10.2. The average Bonchev–Trinajstić information content (AvgIpc) is 3.01. The molecular formula is C21H29IN4O2S. The Kier molecular flexibility index (Phi) is 11.5. The first-order valence-corrected chi connectivity index (χ1v) is 10.1. The number of nitrogens with zero attached hydrogens (tertiary/aromatic N) is 2. The Morgan fingerprint density at radius 3 is 2.69 bits per heavy atom. The van der Waals surface area contributed by atoms with E-state index in [1.807, 2.05) is 32.0 Å². The molecule has 0 aliphatic carbocycles. The largest absolute Gasteiger partial charge is 0.493 e. The number of rotatable bonds is 9. The van der Waals surface area contributed by atoms with Gasteiger partial charge in [-0.1, -0.05) is 12.0 Å². The molecule has 0 unspecified atom stereocenters. The Labute approximate surface area is 194 Å². The molecule has 0 aliphatic heterocycles. The summed E-state index contributed by atoms with van der Waals surface area (Å²) >= 11 is 1.75. The Bertz CT molecular complexity index is 826. The lowest BCUT2D eigenvalue weighted by Crippen LogP contribution is -2.38. The summed E-state index contributed by atoms with van der Waals surface area (Å²) in [5.41, 5.74) is 2.12. The topological polar surface area (TPSA) is 67.8 Å². The minimum absolute atomic E-state index is 0. The number of thiazole rings is 1. The fourth-order valence-corrected chi connectivity index (χ4v) is 3.43. The quantitative estimate of drug-likeness (QED) is 0.225. The van der Waals surface area contributed by atoms with Crippen LogP contribution in [0.15, 0.2) is 23.2 Å². The van der Waals surface area contributed by atoms with E-state index >= 15 is 0 Å². The van der Waals surface area contributed by atoms with E-state index in [1.54, 1.807) is 18.4 Å². The number of guanidine groups is 1. The lowest BCUT2D eigenvalue weighted by molar-refractivity contribution is 0.330. The number of aliphatic imine (C=N–C) groups is 1. The SMILES string of the molecule is C#CCOc1cc(CN=C(NCC)NCCc2nc(C)c(C)s2)ccc1OC.I. The van der Waals surface area contributed by atoms with Crippen LogP contribution in [0.2, 0.25) is 0 Å². The van der Waals surface area contributed by atoms with Crippen molar-refractivity contribution in [1.82, 2.24) is 15.6 Å². The van der Waals surface area contributed by atoms with Gasteiger partial charge >= 0.3 is 0 Å². The van der Waals surface area contributed by atoms with Gasteiger partial charge in [0.1, 0.15) is 6.61 Å². The van der Waals surface area contributed by atoms with Crippen molar-refractivity contribution in [1.29, 1.82) is 0 Å². The number of hydrogen-bond acceptors (Lipinski definition) is 5. The fraction of sp³-hybridized carbons (Fsp3) is 0.429. The smallest absolute Gasteiger partial charge is 0.191 e. The van der Waals surface area contributed by atoms with Crippen molar-refractivity contribution in [3.8, 4) is 23.8 Å². The van der Waals surface area contributed by atoms with Gasteiger partial charge in [-0.3, -0.25) is 0 Å². The maximum Gasteiger partial charge on any atom is 0.191 e. The zero-order valence-corrected chi connectivity index (χ0v) is 20.5. The Morgan fingerprint density at radius 2 is 2.07 bits per heavy atom. The van der Waals surface area contributed by atoms with E-state index in [0.717, 1.165) is 41.7 Å². The summed E-state index contributed by atoms with van der Waals surface area (Å²) in [7, 11) is 1.61. The van der Waals surface area contributed by atoms with Crippen LogP contribution in [0.4, 0.5) is 0 Å². The second kappa shape index (κ2) is 13.3. The van der Waals surface area contributed by atoms with Gasteiger partial charge in [-0.2, -0.15) is 0 Å². The number of methoxy groups -OCH3 is 1. The van der Waals surface area contributed by atoms with Crippen LogP contribution in [0, 0.1) is 26.2 Å². The molecule has 0 amide bonds. The summed E-state index contributed by atoms with van der Waals surface area (Å²) in [6.45, 7) is 8.47. The summed E-state index contributed by atoms with van der Waals surface area (Å²) in [6.07, 6.45) is 6.15. The number of aromatic nitrogens is 1. The molecule has 6 nitrogen and oxygen atoms in total. The van der Waals surface area contributed by atoms with E-state index in [0.29, 0.717) is 18.0 Å². The molecule has 0 saturated carbocycles. The van der Waals surface area contributed by atoms with Gasteiger partial charge < -0.3 is 20.1 Å². The zero-order valence-electron chi connectivity index (χ0n) is 17.4. The van der Waals surface area contributed by atoms with E-state index < -0.39 is 0 Å². The summed E-state index contributed by atoms with van der Waals surface area (Å²) in [5.74, 6) is 4.52. The molecule has 0 aliphatic rings. The average molecular weight is 528 g/mol.